The molecule has 1 heterocycles. The molecule has 2 aromatic rings. The number of benzene rings is 2. The topological polar surface area (TPSA) is 106 Å². The van der Waals surface area contributed by atoms with E-state index in [4.69, 9.17) is 14.2 Å². The molecule has 0 fully saturated rings. The molecule has 3 N–H and O–H groups in total. The number of methoxy groups -OCH3 is 1. The maximum atomic E-state index is 12.0. The Labute approximate surface area is 168 Å². The molecule has 1 aliphatic rings. The van der Waals surface area contributed by atoms with Gasteiger partial charge >= 0.3 is 11.8 Å². The lowest BCUT2D eigenvalue weighted by Gasteiger charge is -2.23. The maximum Gasteiger partial charge on any atom is 0.309 e. The lowest BCUT2D eigenvalue weighted by Crippen LogP contribution is -2.47. The summed E-state index contributed by atoms with van der Waals surface area (Å²) in [7, 11) is 1.58. The molecule has 2 aromatic carbocycles. The second-order valence-corrected chi connectivity index (χ2v) is 7.07. The first-order valence-corrected chi connectivity index (χ1v) is 9.16. The number of ether oxygens (including phenoxy) is 3. The lowest BCUT2D eigenvalue weighted by molar-refractivity contribution is -0.139. The Morgan fingerprint density at radius 1 is 1.03 bits per heavy atom. The van der Waals surface area contributed by atoms with Crippen molar-refractivity contribution in [3.8, 4) is 17.2 Å². The van der Waals surface area contributed by atoms with Crippen LogP contribution in [0.1, 0.15) is 18.1 Å². The fraction of sp³-hybridized carbons (Fsp3) is 0.333. The summed E-state index contributed by atoms with van der Waals surface area (Å²) in [5.41, 5.74) is 0.459. The fourth-order valence-corrected chi connectivity index (χ4v) is 2.91. The lowest BCUT2D eigenvalue weighted by atomic mass is 9.96. The van der Waals surface area contributed by atoms with Crippen molar-refractivity contribution < 1.29 is 28.9 Å². The molecule has 8 nitrogen and oxygen atoms in total. The summed E-state index contributed by atoms with van der Waals surface area (Å²) < 4.78 is 15.6. The van der Waals surface area contributed by atoms with E-state index in [1.807, 2.05) is 12.1 Å². The Morgan fingerprint density at radius 2 is 1.69 bits per heavy atom. The van der Waals surface area contributed by atoms with Gasteiger partial charge in [-0.2, -0.15) is 0 Å². The molecule has 1 atom stereocenters. The van der Waals surface area contributed by atoms with E-state index in [2.05, 4.69) is 10.6 Å². The summed E-state index contributed by atoms with van der Waals surface area (Å²) in [6, 6.07) is 12.6. The fourth-order valence-electron chi connectivity index (χ4n) is 2.91. The Kier molecular flexibility index (Phi) is 6.23. The molecule has 8 heteroatoms. The normalized spacial score (nSPS) is 14.0. The quantitative estimate of drug-likeness (QED) is 0.602. The number of aliphatic hydroxyl groups is 1. The third-order valence-corrected chi connectivity index (χ3v) is 4.47. The molecule has 0 saturated carbocycles. The highest BCUT2D eigenvalue weighted by Gasteiger charge is 2.24. The zero-order chi connectivity index (χ0) is 20.9. The average molecular weight is 400 g/mol. The summed E-state index contributed by atoms with van der Waals surface area (Å²) in [6.45, 7) is 1.88. The van der Waals surface area contributed by atoms with Crippen molar-refractivity contribution in [1.82, 2.24) is 10.6 Å². The van der Waals surface area contributed by atoms with E-state index in [0.717, 1.165) is 16.9 Å². The highest BCUT2D eigenvalue weighted by Crippen LogP contribution is 2.32. The SMILES string of the molecule is COc1ccc(CC(C)(O)CNC(=O)C(=O)NCc2ccc3c(c2)OCO3)cc1. The smallest absolute Gasteiger partial charge is 0.309 e. The van der Waals surface area contributed by atoms with Crippen LogP contribution in [0, 0.1) is 0 Å². The van der Waals surface area contributed by atoms with E-state index in [1.165, 1.54) is 0 Å². The van der Waals surface area contributed by atoms with Crippen LogP contribution in [0.5, 0.6) is 17.2 Å². The van der Waals surface area contributed by atoms with Gasteiger partial charge in [-0.25, -0.2) is 0 Å². The highest BCUT2D eigenvalue weighted by molar-refractivity contribution is 6.35. The molecule has 3 rings (SSSR count). The van der Waals surface area contributed by atoms with E-state index in [0.29, 0.717) is 17.9 Å². The molecular weight excluding hydrogens is 376 g/mol. The molecule has 0 aliphatic carbocycles. The number of hydrogen-bond donors (Lipinski definition) is 3. The Balaban J connectivity index is 1.45. The molecule has 0 bridgehead atoms. The van der Waals surface area contributed by atoms with Crippen LogP contribution < -0.4 is 24.8 Å². The van der Waals surface area contributed by atoms with Crippen LogP contribution in [-0.2, 0) is 22.6 Å². The zero-order valence-electron chi connectivity index (χ0n) is 16.4. The third-order valence-electron chi connectivity index (χ3n) is 4.47. The van der Waals surface area contributed by atoms with Gasteiger partial charge in [0.15, 0.2) is 11.5 Å². The van der Waals surface area contributed by atoms with Gasteiger partial charge in [0.2, 0.25) is 6.79 Å². The van der Waals surface area contributed by atoms with E-state index in [9.17, 15) is 14.7 Å². The maximum absolute atomic E-state index is 12.0. The van der Waals surface area contributed by atoms with Crippen LogP contribution >= 0.6 is 0 Å². The Morgan fingerprint density at radius 3 is 2.41 bits per heavy atom. The van der Waals surface area contributed by atoms with Crippen LogP contribution in [0.2, 0.25) is 0 Å². The number of rotatable bonds is 7. The molecule has 1 unspecified atom stereocenters. The minimum atomic E-state index is -1.21. The number of carbonyl (C=O) groups excluding carboxylic acids is 2. The number of hydrogen-bond acceptors (Lipinski definition) is 6. The van der Waals surface area contributed by atoms with Crippen LogP contribution in [0.4, 0.5) is 0 Å². The average Bonchev–Trinajstić information content (AvgIpc) is 3.18. The second kappa shape index (κ2) is 8.83. The summed E-state index contributed by atoms with van der Waals surface area (Å²) in [6.07, 6.45) is 0.316. The predicted octanol–water partition coefficient (Wildman–Crippen LogP) is 1.15. The minimum absolute atomic E-state index is 0.0602. The van der Waals surface area contributed by atoms with Crippen molar-refractivity contribution in [3.05, 3.63) is 53.6 Å². The van der Waals surface area contributed by atoms with E-state index in [-0.39, 0.29) is 19.9 Å². The first-order chi connectivity index (χ1) is 13.9. The van der Waals surface area contributed by atoms with Gasteiger partial charge in [-0.3, -0.25) is 9.59 Å². The van der Waals surface area contributed by atoms with Crippen molar-refractivity contribution in [3.63, 3.8) is 0 Å². The number of amides is 2. The van der Waals surface area contributed by atoms with Crippen molar-refractivity contribution in [2.45, 2.75) is 25.5 Å². The zero-order valence-corrected chi connectivity index (χ0v) is 16.4. The Bertz CT molecular complexity index is 879. The molecule has 154 valence electrons. The summed E-state index contributed by atoms with van der Waals surface area (Å²) >= 11 is 0. The van der Waals surface area contributed by atoms with Crippen molar-refractivity contribution in [2.75, 3.05) is 20.4 Å². The number of carbonyl (C=O) groups is 2. The van der Waals surface area contributed by atoms with E-state index in [1.54, 1.807) is 44.4 Å². The first kappa shape index (κ1) is 20.5. The monoisotopic (exact) mass is 400 g/mol. The molecule has 0 radical (unpaired) electrons. The molecule has 2 amide bonds. The van der Waals surface area contributed by atoms with Crippen molar-refractivity contribution in [2.24, 2.45) is 0 Å². The van der Waals surface area contributed by atoms with Gasteiger partial charge in [-0.1, -0.05) is 18.2 Å². The first-order valence-electron chi connectivity index (χ1n) is 9.16. The van der Waals surface area contributed by atoms with Crippen LogP contribution in [0.3, 0.4) is 0 Å². The van der Waals surface area contributed by atoms with Gasteiger partial charge in [0.1, 0.15) is 5.75 Å². The number of nitrogens with one attached hydrogen (secondary N) is 2. The molecule has 0 spiro atoms. The molecule has 1 aliphatic heterocycles. The molecular formula is C21H24N2O6. The van der Waals surface area contributed by atoms with Crippen LogP contribution in [0.15, 0.2) is 42.5 Å². The van der Waals surface area contributed by atoms with Crippen molar-refractivity contribution >= 4 is 11.8 Å². The Hall–Kier alpha value is -3.26. The van der Waals surface area contributed by atoms with Gasteiger partial charge in [0.05, 0.1) is 12.7 Å². The van der Waals surface area contributed by atoms with Crippen molar-refractivity contribution in [1.29, 1.82) is 0 Å². The van der Waals surface area contributed by atoms with E-state index < -0.39 is 17.4 Å². The highest BCUT2D eigenvalue weighted by atomic mass is 16.7. The standard InChI is InChI=1S/C21H24N2O6/c1-21(26,10-14-3-6-16(27-2)7-4-14)12-23-20(25)19(24)22-11-15-5-8-17-18(9-15)29-13-28-17/h3-9,26H,10-13H2,1-2H3,(H,22,24)(H,23,25). The molecule has 0 aromatic heterocycles. The van der Waals surface area contributed by atoms with Crippen LogP contribution in [-0.4, -0.2) is 43.0 Å². The minimum Gasteiger partial charge on any atom is -0.497 e. The van der Waals surface area contributed by atoms with Gasteiger partial charge in [-0.05, 0) is 42.3 Å². The summed E-state index contributed by atoms with van der Waals surface area (Å²) in [4.78, 5) is 24.1. The third kappa shape index (κ3) is 5.61. The number of fused-ring (bicyclic) bond motifs is 1. The van der Waals surface area contributed by atoms with Gasteiger partial charge in [0, 0.05) is 19.5 Å². The molecule has 0 saturated heterocycles. The van der Waals surface area contributed by atoms with Gasteiger partial charge in [0.25, 0.3) is 0 Å². The molecule has 29 heavy (non-hydrogen) atoms. The van der Waals surface area contributed by atoms with Crippen LogP contribution in [0.25, 0.3) is 0 Å². The van der Waals surface area contributed by atoms with Gasteiger partial charge < -0.3 is 30.0 Å². The van der Waals surface area contributed by atoms with Gasteiger partial charge in [-0.15, -0.1) is 0 Å². The summed E-state index contributed by atoms with van der Waals surface area (Å²) in [5, 5.41) is 15.5. The largest absolute Gasteiger partial charge is 0.497 e. The van der Waals surface area contributed by atoms with E-state index >= 15 is 0 Å². The summed E-state index contributed by atoms with van der Waals surface area (Å²) in [5.74, 6) is 0.400. The predicted molar refractivity (Wildman–Crippen MR) is 105 cm³/mol. The second-order valence-electron chi connectivity index (χ2n) is 7.07.